The second-order valence-electron chi connectivity index (χ2n) is 5.42. The summed E-state index contributed by atoms with van der Waals surface area (Å²) in [6.45, 7) is 2.32. The van der Waals surface area contributed by atoms with Crippen molar-refractivity contribution in [1.82, 2.24) is 4.90 Å². The molecule has 0 radical (unpaired) electrons. The maximum absolute atomic E-state index is 9.48. The fourth-order valence-corrected chi connectivity index (χ4v) is 3.56. The van der Waals surface area contributed by atoms with Gasteiger partial charge in [0.15, 0.2) is 0 Å². The average Bonchev–Trinajstić information content (AvgIpc) is 2.38. The zero-order valence-corrected chi connectivity index (χ0v) is 10.3. The van der Waals surface area contributed by atoms with Crippen molar-refractivity contribution < 1.29 is 5.11 Å². The van der Waals surface area contributed by atoms with E-state index in [1.807, 2.05) is 0 Å². The first kappa shape index (κ1) is 12.3. The molecule has 0 spiro atoms. The van der Waals surface area contributed by atoms with E-state index < -0.39 is 0 Å². The van der Waals surface area contributed by atoms with Gasteiger partial charge in [0, 0.05) is 12.1 Å². The van der Waals surface area contributed by atoms with Crippen LogP contribution in [0, 0.1) is 5.92 Å². The second kappa shape index (κ2) is 5.99. The van der Waals surface area contributed by atoms with Crippen molar-refractivity contribution in [2.24, 2.45) is 11.7 Å². The number of aliphatic hydroxyl groups excluding tert-OH is 1. The molecular formula is C13H26N2O. The molecule has 1 saturated heterocycles. The molecule has 3 atom stereocenters. The number of hydrogen-bond donors (Lipinski definition) is 2. The number of piperidine rings is 1. The Kier molecular flexibility index (Phi) is 4.62. The van der Waals surface area contributed by atoms with Crippen LogP contribution in [0.5, 0.6) is 0 Å². The van der Waals surface area contributed by atoms with E-state index in [9.17, 15) is 5.11 Å². The first-order valence-electron chi connectivity index (χ1n) is 6.93. The van der Waals surface area contributed by atoms with E-state index in [-0.39, 0.29) is 0 Å². The summed E-state index contributed by atoms with van der Waals surface area (Å²) in [6, 6.07) is 1.06. The van der Waals surface area contributed by atoms with Crippen molar-refractivity contribution >= 4 is 0 Å². The van der Waals surface area contributed by atoms with Crippen molar-refractivity contribution in [2.75, 3.05) is 19.7 Å². The minimum absolute atomic E-state index is 0.327. The van der Waals surface area contributed by atoms with Crippen molar-refractivity contribution in [3.05, 3.63) is 0 Å². The summed E-state index contributed by atoms with van der Waals surface area (Å²) in [7, 11) is 0. The lowest BCUT2D eigenvalue weighted by Crippen LogP contribution is -2.53. The highest BCUT2D eigenvalue weighted by Crippen LogP contribution is 2.31. The molecule has 3 nitrogen and oxygen atoms in total. The number of nitrogens with two attached hydrogens (primary N) is 1. The minimum Gasteiger partial charge on any atom is -0.395 e. The molecule has 2 rings (SSSR count). The lowest BCUT2D eigenvalue weighted by Gasteiger charge is -2.45. The fraction of sp³-hybridized carbons (Fsp3) is 1.00. The van der Waals surface area contributed by atoms with Gasteiger partial charge in [-0.25, -0.2) is 0 Å². The molecule has 2 aliphatic rings. The van der Waals surface area contributed by atoms with Gasteiger partial charge in [-0.3, -0.25) is 4.90 Å². The van der Waals surface area contributed by atoms with E-state index in [2.05, 4.69) is 4.90 Å². The normalized spacial score (nSPS) is 37.5. The van der Waals surface area contributed by atoms with Gasteiger partial charge >= 0.3 is 0 Å². The molecule has 1 saturated carbocycles. The maximum Gasteiger partial charge on any atom is 0.0586 e. The molecule has 0 bridgehead atoms. The highest BCUT2D eigenvalue weighted by molar-refractivity contribution is 4.89. The number of hydrogen-bond acceptors (Lipinski definition) is 3. The summed E-state index contributed by atoms with van der Waals surface area (Å²) >= 11 is 0. The van der Waals surface area contributed by atoms with Crippen LogP contribution in [0.2, 0.25) is 0 Å². The third-order valence-corrected chi connectivity index (χ3v) is 4.48. The Hall–Kier alpha value is -0.120. The quantitative estimate of drug-likeness (QED) is 0.764. The van der Waals surface area contributed by atoms with Crippen molar-refractivity contribution in [2.45, 2.75) is 57.0 Å². The van der Waals surface area contributed by atoms with Gasteiger partial charge in [0.2, 0.25) is 0 Å². The van der Waals surface area contributed by atoms with Crippen molar-refractivity contribution in [3.8, 4) is 0 Å². The summed E-state index contributed by atoms with van der Waals surface area (Å²) in [5.74, 6) is 0.667. The van der Waals surface area contributed by atoms with Gasteiger partial charge < -0.3 is 10.8 Å². The molecule has 1 heterocycles. The van der Waals surface area contributed by atoms with Gasteiger partial charge in [0.05, 0.1) is 6.61 Å². The first-order chi connectivity index (χ1) is 7.86. The summed E-state index contributed by atoms with van der Waals surface area (Å²) in [4.78, 5) is 2.57. The van der Waals surface area contributed by atoms with E-state index in [1.165, 1.54) is 51.5 Å². The van der Waals surface area contributed by atoms with Crippen LogP contribution in [-0.4, -0.2) is 41.8 Å². The SMILES string of the molecule is NCC1CCCCC1N1CCCCC1CO. The van der Waals surface area contributed by atoms with Crippen LogP contribution in [0.1, 0.15) is 44.9 Å². The van der Waals surface area contributed by atoms with Crippen LogP contribution in [-0.2, 0) is 0 Å². The molecule has 3 N–H and O–H groups in total. The minimum atomic E-state index is 0.327. The van der Waals surface area contributed by atoms with Crippen LogP contribution >= 0.6 is 0 Å². The monoisotopic (exact) mass is 226 g/mol. The lowest BCUT2D eigenvalue weighted by molar-refractivity contribution is 0.0149. The van der Waals surface area contributed by atoms with Crippen LogP contribution in [0.3, 0.4) is 0 Å². The van der Waals surface area contributed by atoms with Crippen LogP contribution in [0.25, 0.3) is 0 Å². The smallest absolute Gasteiger partial charge is 0.0586 e. The molecule has 0 aromatic carbocycles. The first-order valence-corrected chi connectivity index (χ1v) is 6.93. The molecule has 0 aromatic rings. The highest BCUT2D eigenvalue weighted by Gasteiger charge is 2.34. The fourth-order valence-electron chi connectivity index (χ4n) is 3.56. The van der Waals surface area contributed by atoms with E-state index in [1.54, 1.807) is 0 Å². The topological polar surface area (TPSA) is 49.5 Å². The predicted molar refractivity (Wildman–Crippen MR) is 66.2 cm³/mol. The van der Waals surface area contributed by atoms with E-state index >= 15 is 0 Å². The Balaban J connectivity index is 2.01. The van der Waals surface area contributed by atoms with Crippen LogP contribution in [0.4, 0.5) is 0 Å². The van der Waals surface area contributed by atoms with Crippen LogP contribution < -0.4 is 5.73 Å². The maximum atomic E-state index is 9.48. The number of likely N-dealkylation sites (tertiary alicyclic amines) is 1. The molecule has 1 aliphatic carbocycles. The largest absolute Gasteiger partial charge is 0.395 e. The predicted octanol–water partition coefficient (Wildman–Crippen LogP) is 1.35. The Morgan fingerprint density at radius 3 is 2.56 bits per heavy atom. The third kappa shape index (κ3) is 2.58. The summed E-state index contributed by atoms with van der Waals surface area (Å²) in [5, 5.41) is 9.48. The Bertz CT molecular complexity index is 188. The van der Waals surface area contributed by atoms with Gasteiger partial charge in [0.1, 0.15) is 0 Å². The number of nitrogens with zero attached hydrogens (tertiary/aromatic N) is 1. The van der Waals surface area contributed by atoms with Gasteiger partial charge in [-0.2, -0.15) is 0 Å². The zero-order valence-electron chi connectivity index (χ0n) is 10.3. The number of rotatable bonds is 3. The third-order valence-electron chi connectivity index (χ3n) is 4.48. The van der Waals surface area contributed by atoms with Crippen molar-refractivity contribution in [1.29, 1.82) is 0 Å². The van der Waals surface area contributed by atoms with E-state index in [0.29, 0.717) is 24.6 Å². The van der Waals surface area contributed by atoms with Gasteiger partial charge in [-0.05, 0) is 44.7 Å². The molecule has 0 amide bonds. The van der Waals surface area contributed by atoms with Gasteiger partial charge in [-0.15, -0.1) is 0 Å². The summed E-state index contributed by atoms with van der Waals surface area (Å²) in [6.07, 6.45) is 9.01. The molecular weight excluding hydrogens is 200 g/mol. The van der Waals surface area contributed by atoms with Gasteiger partial charge in [0.25, 0.3) is 0 Å². The molecule has 2 fully saturated rings. The van der Waals surface area contributed by atoms with Crippen molar-refractivity contribution in [3.63, 3.8) is 0 Å². The Morgan fingerprint density at radius 1 is 1.06 bits per heavy atom. The molecule has 0 aromatic heterocycles. The lowest BCUT2D eigenvalue weighted by atomic mass is 9.82. The Morgan fingerprint density at radius 2 is 1.81 bits per heavy atom. The highest BCUT2D eigenvalue weighted by atomic mass is 16.3. The molecule has 94 valence electrons. The molecule has 3 unspecified atom stereocenters. The molecule has 1 aliphatic heterocycles. The van der Waals surface area contributed by atoms with E-state index in [0.717, 1.165) is 6.54 Å². The van der Waals surface area contributed by atoms with Crippen LogP contribution in [0.15, 0.2) is 0 Å². The van der Waals surface area contributed by atoms with E-state index in [4.69, 9.17) is 5.73 Å². The zero-order chi connectivity index (χ0) is 11.4. The molecule has 16 heavy (non-hydrogen) atoms. The molecule has 3 heteroatoms. The number of aliphatic hydroxyl groups is 1. The van der Waals surface area contributed by atoms with Gasteiger partial charge in [-0.1, -0.05) is 19.3 Å². The average molecular weight is 226 g/mol. The Labute approximate surface area is 99.0 Å². The standard InChI is InChI=1S/C13H26N2O/c14-9-11-5-1-2-7-13(11)15-8-4-3-6-12(15)10-16/h11-13,16H,1-10,14H2. The summed E-state index contributed by atoms with van der Waals surface area (Å²) in [5.41, 5.74) is 5.90. The summed E-state index contributed by atoms with van der Waals surface area (Å²) < 4.78 is 0. The second-order valence-corrected chi connectivity index (χ2v) is 5.42.